The Hall–Kier alpha value is -1.89. The van der Waals surface area contributed by atoms with Gasteiger partial charge < -0.3 is 15.0 Å². The van der Waals surface area contributed by atoms with Gasteiger partial charge in [0.25, 0.3) is 0 Å². The summed E-state index contributed by atoms with van der Waals surface area (Å²) in [5.74, 6) is 0.857. The van der Waals surface area contributed by atoms with E-state index in [0.29, 0.717) is 26.1 Å². The molecule has 1 N–H and O–H groups in total. The maximum Gasteiger partial charge on any atom is 0.227 e. The molecule has 0 radical (unpaired) electrons. The van der Waals surface area contributed by atoms with Gasteiger partial charge in [0.15, 0.2) is 0 Å². The lowest BCUT2D eigenvalue weighted by Crippen LogP contribution is -2.35. The number of aromatic nitrogens is 2. The summed E-state index contributed by atoms with van der Waals surface area (Å²) in [7, 11) is 3.61. The van der Waals surface area contributed by atoms with Gasteiger partial charge in [0, 0.05) is 38.5 Å². The molecule has 1 fully saturated rings. The van der Waals surface area contributed by atoms with Crippen molar-refractivity contribution in [3.63, 3.8) is 0 Å². The fourth-order valence-electron chi connectivity index (χ4n) is 4.03. The first-order valence-corrected chi connectivity index (χ1v) is 10.5. The fraction of sp³-hybridized carbons (Fsp3) is 0.565. The summed E-state index contributed by atoms with van der Waals surface area (Å²) in [4.78, 5) is 14.9. The first-order valence-electron chi connectivity index (χ1n) is 10.5. The third kappa shape index (κ3) is 6.30. The van der Waals surface area contributed by atoms with Crippen LogP contribution in [0.2, 0.25) is 0 Å². The second-order valence-corrected chi connectivity index (χ2v) is 8.14. The number of hydrogen-bond donors (Lipinski definition) is 1. The Morgan fingerprint density at radius 1 is 1.27 bits per heavy atom. The summed E-state index contributed by atoms with van der Waals surface area (Å²) < 4.78 is 7.11. The topological polar surface area (TPSA) is 59.4 Å². The fourth-order valence-corrected chi connectivity index (χ4v) is 4.03. The molecule has 1 aliphatic heterocycles. The normalized spacial score (nSPS) is 15.8. The van der Waals surface area contributed by atoms with Crippen LogP contribution in [0.25, 0.3) is 0 Å². The number of rotatable bonds is 9. The Kier molecular flexibility index (Phi) is 9.34. The highest BCUT2D eigenvalue weighted by Crippen LogP contribution is 2.18. The van der Waals surface area contributed by atoms with Gasteiger partial charge in [-0.25, -0.2) is 0 Å². The average molecular weight is 435 g/mol. The predicted octanol–water partition coefficient (Wildman–Crippen LogP) is 2.83. The van der Waals surface area contributed by atoms with Gasteiger partial charge in [-0.15, -0.1) is 12.4 Å². The van der Waals surface area contributed by atoms with Crippen LogP contribution in [0.3, 0.4) is 0 Å². The van der Waals surface area contributed by atoms with Crippen LogP contribution >= 0.6 is 12.4 Å². The van der Waals surface area contributed by atoms with Crippen molar-refractivity contribution in [1.82, 2.24) is 20.0 Å². The Morgan fingerprint density at radius 2 is 1.97 bits per heavy atom. The van der Waals surface area contributed by atoms with Crippen molar-refractivity contribution in [3.05, 3.63) is 52.3 Å². The van der Waals surface area contributed by atoms with Crippen LogP contribution in [-0.2, 0) is 36.0 Å². The molecule has 0 bridgehead atoms. The van der Waals surface area contributed by atoms with Gasteiger partial charge in [-0.3, -0.25) is 9.48 Å². The number of aryl methyl sites for hydroxylation is 2. The van der Waals surface area contributed by atoms with Gasteiger partial charge >= 0.3 is 0 Å². The summed E-state index contributed by atoms with van der Waals surface area (Å²) in [6, 6.07) is 8.56. The van der Waals surface area contributed by atoms with Gasteiger partial charge in [0.05, 0.1) is 18.7 Å². The van der Waals surface area contributed by atoms with E-state index in [4.69, 9.17) is 4.74 Å². The molecule has 0 spiro atoms. The lowest BCUT2D eigenvalue weighted by Gasteiger charge is -2.23. The third-order valence-electron chi connectivity index (χ3n) is 5.99. The number of hydrogen-bond acceptors (Lipinski definition) is 4. The number of carbonyl (C=O) groups is 1. The van der Waals surface area contributed by atoms with E-state index in [1.165, 1.54) is 12.0 Å². The van der Waals surface area contributed by atoms with Crippen LogP contribution < -0.4 is 5.32 Å². The van der Waals surface area contributed by atoms with Gasteiger partial charge in [0.1, 0.15) is 0 Å². The molecule has 1 aromatic carbocycles. The zero-order valence-electron chi connectivity index (χ0n) is 18.6. The molecule has 7 heteroatoms. The van der Waals surface area contributed by atoms with Crippen molar-refractivity contribution in [3.8, 4) is 0 Å². The number of halogens is 1. The highest BCUT2D eigenvalue weighted by Gasteiger charge is 2.19. The Bertz CT molecular complexity index is 813. The van der Waals surface area contributed by atoms with Crippen molar-refractivity contribution < 1.29 is 9.53 Å². The van der Waals surface area contributed by atoms with Crippen LogP contribution in [0.1, 0.15) is 34.5 Å². The van der Waals surface area contributed by atoms with E-state index >= 15 is 0 Å². The second kappa shape index (κ2) is 11.5. The number of nitrogens with one attached hydrogen (secondary N) is 1. The molecule has 1 aliphatic rings. The zero-order valence-corrected chi connectivity index (χ0v) is 19.4. The van der Waals surface area contributed by atoms with Crippen LogP contribution in [0.5, 0.6) is 0 Å². The molecular weight excluding hydrogens is 400 g/mol. The van der Waals surface area contributed by atoms with Gasteiger partial charge in [-0.2, -0.15) is 5.10 Å². The molecule has 6 nitrogen and oxygen atoms in total. The molecular formula is C23H35ClN4O2. The van der Waals surface area contributed by atoms with Crippen LogP contribution in [0, 0.1) is 19.8 Å². The van der Waals surface area contributed by atoms with E-state index in [0.717, 1.165) is 47.9 Å². The quantitative estimate of drug-likeness (QED) is 0.659. The van der Waals surface area contributed by atoms with Crippen LogP contribution in [-0.4, -0.2) is 53.9 Å². The number of nitrogens with zero attached hydrogens (tertiary/aromatic N) is 3. The molecule has 2 heterocycles. The molecule has 0 aliphatic carbocycles. The lowest BCUT2D eigenvalue weighted by atomic mass is 9.97. The molecule has 1 atom stereocenters. The minimum absolute atomic E-state index is 0. The van der Waals surface area contributed by atoms with Crippen LogP contribution in [0.4, 0.5) is 0 Å². The monoisotopic (exact) mass is 434 g/mol. The standard InChI is InChI=1S/C23H34N4O2.ClH/c1-17-22(18(2)26(3)25-17)16-27(11-12-29-4)23(28)14-20-7-5-19(6-8-20)13-21-9-10-24-15-21;/h5-8,21,24H,9-16H2,1-4H3;1H. The summed E-state index contributed by atoms with van der Waals surface area (Å²) in [5, 5.41) is 7.90. The SMILES string of the molecule is COCCN(Cc1c(C)nn(C)c1C)C(=O)Cc1ccc(CC2CCNC2)cc1.Cl. The van der Waals surface area contributed by atoms with Crippen molar-refractivity contribution in [2.75, 3.05) is 33.4 Å². The molecule has 1 unspecified atom stereocenters. The van der Waals surface area contributed by atoms with E-state index in [2.05, 4.69) is 34.7 Å². The highest BCUT2D eigenvalue weighted by molar-refractivity contribution is 5.85. The van der Waals surface area contributed by atoms with Crippen molar-refractivity contribution in [2.45, 2.75) is 39.7 Å². The van der Waals surface area contributed by atoms with Gasteiger partial charge in [-0.05, 0) is 56.8 Å². The molecule has 1 saturated heterocycles. The zero-order chi connectivity index (χ0) is 20.8. The number of carbonyl (C=O) groups excluding carboxylic acids is 1. The number of methoxy groups -OCH3 is 1. The number of benzene rings is 1. The van der Waals surface area contributed by atoms with Crippen LogP contribution in [0.15, 0.2) is 24.3 Å². The lowest BCUT2D eigenvalue weighted by molar-refractivity contribution is -0.131. The molecule has 1 amide bonds. The maximum absolute atomic E-state index is 13.1. The van der Waals surface area contributed by atoms with Crippen molar-refractivity contribution in [1.29, 1.82) is 0 Å². The van der Waals surface area contributed by atoms with Gasteiger partial charge in [-0.1, -0.05) is 24.3 Å². The molecule has 1 aromatic heterocycles. The first kappa shape index (κ1) is 24.4. The van der Waals surface area contributed by atoms with E-state index in [1.54, 1.807) is 7.11 Å². The second-order valence-electron chi connectivity index (χ2n) is 8.14. The van der Waals surface area contributed by atoms with E-state index in [9.17, 15) is 4.79 Å². The summed E-state index contributed by atoms with van der Waals surface area (Å²) >= 11 is 0. The van der Waals surface area contributed by atoms with E-state index in [1.807, 2.05) is 30.5 Å². The average Bonchev–Trinajstić information content (AvgIpc) is 3.29. The Balaban J connectivity index is 0.00000320. The number of amides is 1. The summed E-state index contributed by atoms with van der Waals surface area (Å²) in [6.07, 6.45) is 2.77. The molecule has 0 saturated carbocycles. The van der Waals surface area contributed by atoms with Gasteiger partial charge in [0.2, 0.25) is 5.91 Å². The smallest absolute Gasteiger partial charge is 0.227 e. The number of ether oxygens (including phenoxy) is 1. The summed E-state index contributed by atoms with van der Waals surface area (Å²) in [5.41, 5.74) is 5.62. The highest BCUT2D eigenvalue weighted by atomic mass is 35.5. The van der Waals surface area contributed by atoms with Crippen molar-refractivity contribution >= 4 is 18.3 Å². The summed E-state index contributed by atoms with van der Waals surface area (Å²) in [6.45, 7) is 7.97. The van der Waals surface area contributed by atoms with E-state index in [-0.39, 0.29) is 18.3 Å². The molecule has 30 heavy (non-hydrogen) atoms. The first-order chi connectivity index (χ1) is 14.0. The largest absolute Gasteiger partial charge is 0.383 e. The Labute approximate surface area is 186 Å². The van der Waals surface area contributed by atoms with E-state index < -0.39 is 0 Å². The Morgan fingerprint density at radius 3 is 2.53 bits per heavy atom. The molecule has 2 aromatic rings. The maximum atomic E-state index is 13.1. The molecule has 166 valence electrons. The molecule has 3 rings (SSSR count). The van der Waals surface area contributed by atoms with Crippen molar-refractivity contribution in [2.24, 2.45) is 13.0 Å². The predicted molar refractivity (Wildman–Crippen MR) is 122 cm³/mol. The third-order valence-corrected chi connectivity index (χ3v) is 5.99. The minimum Gasteiger partial charge on any atom is -0.383 e. The minimum atomic E-state index is 0.